The molecule has 2 nitrogen and oxygen atoms in total. The topological polar surface area (TPSA) is 17.1 Å². The first kappa shape index (κ1) is 10.8. The Balaban J connectivity index is 0. The Morgan fingerprint density at radius 3 is 1.38 bits per heavy atom. The molecule has 0 bridgehead atoms. The molecule has 0 amide bonds. The van der Waals surface area contributed by atoms with Crippen molar-refractivity contribution in [3.8, 4) is 0 Å². The van der Waals surface area contributed by atoms with Gasteiger partial charge in [0.05, 0.1) is 21.1 Å². The largest absolute Gasteiger partial charge is 0.291 e. The predicted molar refractivity (Wildman–Crippen MR) is 35.3 cm³/mol. The van der Waals surface area contributed by atoms with Crippen molar-refractivity contribution in [3.63, 3.8) is 0 Å². The summed E-state index contributed by atoms with van der Waals surface area (Å²) in [6, 6.07) is 0. The minimum absolute atomic E-state index is 0.472. The Morgan fingerprint density at radius 2 is 1.38 bits per heavy atom. The molecule has 0 aliphatic carbocycles. The Hall–Kier alpha value is -0.0800. The maximum Gasteiger partial charge on any atom is 0.195 e. The molecule has 0 saturated carbocycles. The summed E-state index contributed by atoms with van der Waals surface area (Å²) < 4.78 is 0.472. The highest BCUT2D eigenvalue weighted by atomic mass is 35.5. The van der Waals surface area contributed by atoms with Gasteiger partial charge in [-0.1, -0.05) is 0 Å². The fourth-order valence-corrected chi connectivity index (χ4v) is 0. The van der Waals surface area contributed by atoms with E-state index in [1.807, 2.05) is 21.1 Å². The first-order valence-corrected chi connectivity index (χ1v) is 2.55. The SMILES string of the molecule is C[C]=O.C[N+](C)(C)Cl. The second kappa shape index (κ2) is 5.06. The van der Waals surface area contributed by atoms with Crippen molar-refractivity contribution in [2.75, 3.05) is 21.1 Å². The van der Waals surface area contributed by atoms with Crippen LogP contribution in [-0.4, -0.2) is 31.4 Å². The summed E-state index contributed by atoms with van der Waals surface area (Å²) in [5, 5.41) is 0. The monoisotopic (exact) mass is 137 g/mol. The summed E-state index contributed by atoms with van der Waals surface area (Å²) in [5.74, 6) is 0. The molecule has 0 atom stereocenters. The van der Waals surface area contributed by atoms with E-state index < -0.39 is 0 Å². The number of nitrogens with zero attached hydrogens (tertiary/aromatic N) is 1. The van der Waals surface area contributed by atoms with Gasteiger partial charge in [0.1, 0.15) is 0 Å². The third-order valence-corrected chi connectivity index (χ3v) is 0. The van der Waals surface area contributed by atoms with E-state index in [0.29, 0.717) is 4.00 Å². The molecular weight excluding hydrogens is 126 g/mol. The number of hydrogen-bond donors (Lipinski definition) is 0. The van der Waals surface area contributed by atoms with Gasteiger partial charge in [0.15, 0.2) is 18.1 Å². The lowest BCUT2D eigenvalue weighted by molar-refractivity contribution is -0.747. The average Bonchev–Trinajstić information content (AvgIpc) is 1.27. The highest BCUT2D eigenvalue weighted by Crippen LogP contribution is 1.91. The van der Waals surface area contributed by atoms with E-state index in [1.165, 1.54) is 13.2 Å². The van der Waals surface area contributed by atoms with Crippen molar-refractivity contribution in [1.82, 2.24) is 0 Å². The van der Waals surface area contributed by atoms with E-state index in [-0.39, 0.29) is 0 Å². The molecule has 3 heteroatoms. The Bertz CT molecular complexity index is 51.9. The Morgan fingerprint density at radius 1 is 1.38 bits per heavy atom. The van der Waals surface area contributed by atoms with Gasteiger partial charge in [-0.15, -0.1) is 0 Å². The van der Waals surface area contributed by atoms with Crippen LogP contribution in [-0.2, 0) is 4.79 Å². The fraction of sp³-hybridized carbons (Fsp3) is 0.800. The maximum absolute atomic E-state index is 8.68. The maximum atomic E-state index is 8.68. The molecule has 0 fully saturated rings. The van der Waals surface area contributed by atoms with E-state index in [0.717, 1.165) is 0 Å². The van der Waals surface area contributed by atoms with Gasteiger partial charge >= 0.3 is 0 Å². The van der Waals surface area contributed by atoms with Gasteiger partial charge < -0.3 is 0 Å². The molecule has 0 N–H and O–H groups in total. The highest BCUT2D eigenvalue weighted by molar-refractivity contribution is 6.06. The fourth-order valence-electron chi connectivity index (χ4n) is 0. The molecule has 0 aromatic rings. The number of halogens is 1. The average molecular weight is 138 g/mol. The molecule has 0 saturated heterocycles. The van der Waals surface area contributed by atoms with Gasteiger partial charge in [-0.25, -0.2) is 4.00 Å². The number of quaternary nitrogens is 1. The molecular formula is C5H12ClNO+. The lowest BCUT2D eigenvalue weighted by atomic mass is 11.0. The second-order valence-corrected chi connectivity index (χ2v) is 3.07. The zero-order valence-electron chi connectivity index (χ0n) is 5.73. The van der Waals surface area contributed by atoms with Crippen molar-refractivity contribution in [2.45, 2.75) is 6.92 Å². The van der Waals surface area contributed by atoms with Crippen LogP contribution in [0.1, 0.15) is 6.92 Å². The lowest BCUT2D eigenvalue weighted by Gasteiger charge is -2.07. The molecule has 0 rings (SSSR count). The number of carbonyl (C=O) groups excluding carboxylic acids is 1. The first-order valence-electron chi connectivity index (χ1n) is 2.21. The molecule has 8 heavy (non-hydrogen) atoms. The smallest absolute Gasteiger partial charge is 0.195 e. The summed E-state index contributed by atoms with van der Waals surface area (Å²) in [5.41, 5.74) is 0. The van der Waals surface area contributed by atoms with E-state index in [9.17, 15) is 0 Å². The van der Waals surface area contributed by atoms with Crippen molar-refractivity contribution >= 4 is 18.1 Å². The zero-order chi connectivity index (χ0) is 7.21. The van der Waals surface area contributed by atoms with Gasteiger partial charge in [0.2, 0.25) is 0 Å². The minimum Gasteiger partial charge on any atom is -0.291 e. The van der Waals surface area contributed by atoms with Crippen LogP contribution >= 0.6 is 11.8 Å². The highest BCUT2D eigenvalue weighted by Gasteiger charge is 1.95. The molecule has 49 valence electrons. The van der Waals surface area contributed by atoms with Crippen LogP contribution in [0.3, 0.4) is 0 Å². The van der Waals surface area contributed by atoms with Crippen LogP contribution in [0.25, 0.3) is 0 Å². The molecule has 0 unspecified atom stereocenters. The van der Waals surface area contributed by atoms with Crippen LogP contribution in [0.5, 0.6) is 0 Å². The molecule has 0 aromatic carbocycles. The van der Waals surface area contributed by atoms with Gasteiger partial charge in [-0.3, -0.25) is 4.79 Å². The molecule has 0 aliphatic rings. The van der Waals surface area contributed by atoms with Crippen LogP contribution in [0, 0.1) is 0 Å². The van der Waals surface area contributed by atoms with E-state index >= 15 is 0 Å². The number of hydrogen-bond acceptors (Lipinski definition) is 1. The second-order valence-electron chi connectivity index (χ2n) is 2.05. The van der Waals surface area contributed by atoms with Gasteiger partial charge in [-0.2, -0.15) is 0 Å². The summed E-state index contributed by atoms with van der Waals surface area (Å²) in [7, 11) is 5.67. The molecule has 1 radical (unpaired) electrons. The standard InChI is InChI=1S/C3H9ClN.C2H3O/c1-5(2,3)4;1-2-3/h1-3H3;1H3/q+1;. The molecule has 0 aromatic heterocycles. The molecule has 0 heterocycles. The van der Waals surface area contributed by atoms with Crippen LogP contribution in [0.4, 0.5) is 0 Å². The van der Waals surface area contributed by atoms with E-state index in [4.69, 9.17) is 16.6 Å². The lowest BCUT2D eigenvalue weighted by Crippen LogP contribution is -2.19. The van der Waals surface area contributed by atoms with E-state index in [1.54, 1.807) is 0 Å². The van der Waals surface area contributed by atoms with Crippen molar-refractivity contribution in [1.29, 1.82) is 0 Å². The Kier molecular flexibility index (Phi) is 6.85. The van der Waals surface area contributed by atoms with Crippen molar-refractivity contribution in [2.24, 2.45) is 0 Å². The van der Waals surface area contributed by atoms with Crippen LogP contribution in [0.2, 0.25) is 0 Å². The summed E-state index contributed by atoms with van der Waals surface area (Å²) in [6.45, 7) is 1.32. The minimum atomic E-state index is 0.472. The third-order valence-electron chi connectivity index (χ3n) is 0. The quantitative estimate of drug-likeness (QED) is 0.455. The summed E-state index contributed by atoms with van der Waals surface area (Å²) in [4.78, 5) is 8.68. The first-order chi connectivity index (χ1) is 3.41. The van der Waals surface area contributed by atoms with Crippen LogP contribution in [0.15, 0.2) is 0 Å². The molecule has 0 aliphatic heterocycles. The normalized spacial score (nSPS) is 9.12. The Labute approximate surface area is 55.8 Å². The van der Waals surface area contributed by atoms with Gasteiger partial charge in [0, 0.05) is 6.92 Å². The van der Waals surface area contributed by atoms with Crippen LogP contribution < -0.4 is 0 Å². The number of rotatable bonds is 0. The summed E-state index contributed by atoms with van der Waals surface area (Å²) in [6.07, 6.45) is 1.50. The van der Waals surface area contributed by atoms with Crippen molar-refractivity contribution in [3.05, 3.63) is 0 Å². The van der Waals surface area contributed by atoms with Gasteiger partial charge in [0.25, 0.3) is 0 Å². The van der Waals surface area contributed by atoms with Gasteiger partial charge in [-0.05, 0) is 0 Å². The predicted octanol–water partition coefficient (Wildman–Crippen LogP) is 0.962. The third kappa shape index (κ3) is 22400. The van der Waals surface area contributed by atoms with E-state index in [2.05, 4.69) is 0 Å². The molecule has 0 spiro atoms. The van der Waals surface area contributed by atoms with Crippen molar-refractivity contribution < 1.29 is 8.80 Å². The zero-order valence-corrected chi connectivity index (χ0v) is 6.49. The summed E-state index contributed by atoms with van der Waals surface area (Å²) >= 11 is 5.47.